The van der Waals surface area contributed by atoms with Crippen molar-refractivity contribution in [3.8, 4) is 0 Å². The third-order valence-corrected chi connectivity index (χ3v) is 2.16. The molecule has 0 bridgehead atoms. The van der Waals surface area contributed by atoms with E-state index in [1.807, 2.05) is 13.2 Å². The Bertz CT molecular complexity index is 443. The summed E-state index contributed by atoms with van der Waals surface area (Å²) in [5.41, 5.74) is 3.46. The molecule has 2 rings (SSSR count). The van der Waals surface area contributed by atoms with Crippen LogP contribution in [0.5, 0.6) is 0 Å². The second-order valence-corrected chi connectivity index (χ2v) is 3.28. The molecule has 0 spiro atoms. The molecule has 0 unspecified atom stereocenters. The van der Waals surface area contributed by atoms with Crippen LogP contribution in [0.15, 0.2) is 18.3 Å². The van der Waals surface area contributed by atoms with Gasteiger partial charge in [0.05, 0.1) is 6.20 Å². The van der Waals surface area contributed by atoms with Crippen molar-refractivity contribution in [2.45, 2.75) is 13.8 Å². The van der Waals surface area contributed by atoms with Gasteiger partial charge in [-0.1, -0.05) is 0 Å². The van der Waals surface area contributed by atoms with Crippen LogP contribution in [0.3, 0.4) is 0 Å². The fraction of sp³-hybridized carbons (Fsp3) is 0.300. The topological polar surface area (TPSA) is 29.3 Å². The predicted molar refractivity (Wildman–Crippen MR) is 54.2 cm³/mol. The lowest BCUT2D eigenvalue weighted by Gasteiger charge is -1.99. The van der Waals surface area contributed by atoms with Gasteiger partial charge >= 0.3 is 0 Å². The lowest BCUT2D eigenvalue weighted by molar-refractivity contribution is 1.08. The summed E-state index contributed by atoms with van der Waals surface area (Å²) in [6.45, 7) is 4.17. The van der Waals surface area contributed by atoms with Gasteiger partial charge in [0, 0.05) is 12.7 Å². The smallest absolute Gasteiger partial charge is 0.145 e. The van der Waals surface area contributed by atoms with Crippen molar-refractivity contribution in [1.29, 1.82) is 0 Å². The molecular weight excluding hydrogens is 162 g/mol. The minimum absolute atomic E-state index is 0.911. The molecule has 0 amide bonds. The Balaban J connectivity index is 2.75. The van der Waals surface area contributed by atoms with Crippen molar-refractivity contribution in [2.75, 3.05) is 12.4 Å². The Hall–Kier alpha value is -1.51. The number of anilines is 1. The molecule has 0 aliphatic carbocycles. The van der Waals surface area contributed by atoms with Gasteiger partial charge in [0.2, 0.25) is 0 Å². The van der Waals surface area contributed by atoms with E-state index in [2.05, 4.69) is 40.7 Å². The van der Waals surface area contributed by atoms with Crippen molar-refractivity contribution in [3.05, 3.63) is 29.6 Å². The van der Waals surface area contributed by atoms with Crippen LogP contribution in [0, 0.1) is 13.8 Å². The first kappa shape index (κ1) is 8.10. The van der Waals surface area contributed by atoms with Gasteiger partial charge in [-0.05, 0) is 31.5 Å². The molecular formula is C10H13N3. The van der Waals surface area contributed by atoms with E-state index in [1.165, 1.54) is 11.3 Å². The molecule has 2 heterocycles. The average Bonchev–Trinajstić information content (AvgIpc) is 2.47. The number of nitrogens with one attached hydrogen (secondary N) is 1. The highest BCUT2D eigenvalue weighted by molar-refractivity contribution is 5.51. The first-order valence-corrected chi connectivity index (χ1v) is 4.35. The Morgan fingerprint density at radius 2 is 2.08 bits per heavy atom. The number of hydrogen-bond acceptors (Lipinski definition) is 2. The van der Waals surface area contributed by atoms with E-state index in [0.29, 0.717) is 0 Å². The van der Waals surface area contributed by atoms with Crippen LogP contribution in [-0.4, -0.2) is 16.4 Å². The predicted octanol–water partition coefficient (Wildman–Crippen LogP) is 1.99. The maximum absolute atomic E-state index is 4.40. The van der Waals surface area contributed by atoms with E-state index >= 15 is 0 Å². The summed E-state index contributed by atoms with van der Waals surface area (Å²) < 4.78 is 2.08. The highest BCUT2D eigenvalue weighted by atomic mass is 15.1. The van der Waals surface area contributed by atoms with Crippen LogP contribution in [0.4, 0.5) is 5.82 Å². The van der Waals surface area contributed by atoms with Crippen molar-refractivity contribution in [2.24, 2.45) is 0 Å². The standard InChI is InChI=1S/C10H13N3/c1-7-4-8(2)13-6-9(11-3)12-10(13)5-7/h4-6,11H,1-3H3. The quantitative estimate of drug-likeness (QED) is 0.718. The zero-order valence-corrected chi connectivity index (χ0v) is 8.13. The molecule has 1 N–H and O–H groups in total. The van der Waals surface area contributed by atoms with Gasteiger partial charge in [0.1, 0.15) is 11.5 Å². The molecule has 13 heavy (non-hydrogen) atoms. The summed E-state index contributed by atoms with van der Waals surface area (Å²) in [4.78, 5) is 4.40. The second kappa shape index (κ2) is 2.76. The van der Waals surface area contributed by atoms with Gasteiger partial charge in [-0.3, -0.25) is 0 Å². The minimum Gasteiger partial charge on any atom is -0.372 e. The number of hydrogen-bond donors (Lipinski definition) is 1. The van der Waals surface area contributed by atoms with E-state index in [0.717, 1.165) is 11.5 Å². The molecule has 0 atom stereocenters. The van der Waals surface area contributed by atoms with Crippen molar-refractivity contribution < 1.29 is 0 Å². The normalized spacial score (nSPS) is 10.7. The molecule has 3 heteroatoms. The highest BCUT2D eigenvalue weighted by Crippen LogP contribution is 2.13. The molecule has 2 aromatic rings. The highest BCUT2D eigenvalue weighted by Gasteiger charge is 2.01. The van der Waals surface area contributed by atoms with Crippen LogP contribution >= 0.6 is 0 Å². The number of nitrogens with zero attached hydrogens (tertiary/aromatic N) is 2. The molecule has 0 fully saturated rings. The molecule has 0 aliphatic heterocycles. The Kier molecular flexibility index (Phi) is 1.72. The van der Waals surface area contributed by atoms with Gasteiger partial charge in [0.25, 0.3) is 0 Å². The maximum atomic E-state index is 4.40. The molecule has 0 aromatic carbocycles. The van der Waals surface area contributed by atoms with E-state index < -0.39 is 0 Å². The molecule has 2 aromatic heterocycles. The summed E-state index contributed by atoms with van der Waals surface area (Å²) >= 11 is 0. The molecule has 0 radical (unpaired) electrons. The molecule has 68 valence electrons. The number of rotatable bonds is 1. The summed E-state index contributed by atoms with van der Waals surface area (Å²) in [6.07, 6.45) is 2.00. The average molecular weight is 175 g/mol. The second-order valence-electron chi connectivity index (χ2n) is 3.28. The fourth-order valence-electron chi connectivity index (χ4n) is 1.54. The number of aryl methyl sites for hydroxylation is 2. The van der Waals surface area contributed by atoms with E-state index in [1.54, 1.807) is 0 Å². The van der Waals surface area contributed by atoms with Gasteiger partial charge < -0.3 is 9.72 Å². The maximum Gasteiger partial charge on any atom is 0.145 e. The van der Waals surface area contributed by atoms with Crippen molar-refractivity contribution >= 4 is 11.5 Å². The first-order valence-electron chi connectivity index (χ1n) is 4.35. The molecule has 0 aliphatic rings. The van der Waals surface area contributed by atoms with Crippen LogP contribution in [-0.2, 0) is 0 Å². The Labute approximate surface area is 77.4 Å². The summed E-state index contributed by atoms with van der Waals surface area (Å²) in [5, 5.41) is 3.03. The summed E-state index contributed by atoms with van der Waals surface area (Å²) in [5.74, 6) is 0.911. The largest absolute Gasteiger partial charge is 0.372 e. The summed E-state index contributed by atoms with van der Waals surface area (Å²) in [6, 6.07) is 4.22. The van der Waals surface area contributed by atoms with E-state index in [-0.39, 0.29) is 0 Å². The van der Waals surface area contributed by atoms with Crippen molar-refractivity contribution in [1.82, 2.24) is 9.38 Å². The van der Waals surface area contributed by atoms with Crippen LogP contribution in [0.25, 0.3) is 5.65 Å². The minimum atomic E-state index is 0.911. The molecule has 0 saturated carbocycles. The van der Waals surface area contributed by atoms with Gasteiger partial charge in [0.15, 0.2) is 0 Å². The van der Waals surface area contributed by atoms with E-state index in [9.17, 15) is 0 Å². The van der Waals surface area contributed by atoms with Gasteiger partial charge in [-0.25, -0.2) is 4.98 Å². The van der Waals surface area contributed by atoms with Crippen LogP contribution in [0.2, 0.25) is 0 Å². The lowest BCUT2D eigenvalue weighted by atomic mass is 10.2. The fourth-order valence-corrected chi connectivity index (χ4v) is 1.54. The third-order valence-electron chi connectivity index (χ3n) is 2.16. The first-order chi connectivity index (χ1) is 6.20. The van der Waals surface area contributed by atoms with E-state index in [4.69, 9.17) is 0 Å². The monoisotopic (exact) mass is 175 g/mol. The van der Waals surface area contributed by atoms with Crippen LogP contribution < -0.4 is 5.32 Å². The molecule has 3 nitrogen and oxygen atoms in total. The number of pyridine rings is 1. The van der Waals surface area contributed by atoms with Crippen molar-refractivity contribution in [3.63, 3.8) is 0 Å². The lowest BCUT2D eigenvalue weighted by Crippen LogP contribution is -1.89. The number of aromatic nitrogens is 2. The van der Waals surface area contributed by atoms with Gasteiger partial charge in [-0.15, -0.1) is 0 Å². The number of imidazole rings is 1. The Morgan fingerprint density at radius 1 is 1.31 bits per heavy atom. The van der Waals surface area contributed by atoms with Gasteiger partial charge in [-0.2, -0.15) is 0 Å². The van der Waals surface area contributed by atoms with Crippen LogP contribution in [0.1, 0.15) is 11.3 Å². The SMILES string of the molecule is CNc1cn2c(C)cc(C)cc2n1. The summed E-state index contributed by atoms with van der Waals surface area (Å²) in [7, 11) is 1.88. The Morgan fingerprint density at radius 3 is 2.77 bits per heavy atom. The number of fused-ring (bicyclic) bond motifs is 1. The molecule has 0 saturated heterocycles. The zero-order valence-electron chi connectivity index (χ0n) is 8.13. The zero-order chi connectivity index (χ0) is 9.42. The third kappa shape index (κ3) is 1.26.